The molecule has 0 unspecified atom stereocenters. The van der Waals surface area contributed by atoms with Gasteiger partial charge in [-0.2, -0.15) is 0 Å². The molecule has 1 aliphatic heterocycles. The molecular weight excluding hydrogens is 281 g/mol. The first kappa shape index (κ1) is 14.3. The Labute approximate surface area is 128 Å². The number of nitrogens with one attached hydrogen (secondary N) is 2. The van der Waals surface area contributed by atoms with Crippen molar-refractivity contribution in [3.8, 4) is 0 Å². The molecule has 0 saturated carbocycles. The number of hydrogen-bond acceptors (Lipinski definition) is 3. The van der Waals surface area contributed by atoms with Crippen LogP contribution in [0.1, 0.15) is 22.3 Å². The summed E-state index contributed by atoms with van der Waals surface area (Å²) in [6.07, 6.45) is 1.02. The van der Waals surface area contributed by atoms with Crippen LogP contribution in [0.15, 0.2) is 53.5 Å². The van der Waals surface area contributed by atoms with E-state index >= 15 is 0 Å². The molecule has 1 amide bonds. The van der Waals surface area contributed by atoms with Crippen molar-refractivity contribution in [1.29, 1.82) is 0 Å². The summed E-state index contributed by atoms with van der Waals surface area (Å²) in [5.41, 5.74) is 1.55. The number of aliphatic imine (C=N–C) groups is 1. The van der Waals surface area contributed by atoms with Gasteiger partial charge in [-0.25, -0.2) is 4.39 Å². The first-order valence-electron chi connectivity index (χ1n) is 7.19. The number of benzene rings is 2. The highest BCUT2D eigenvalue weighted by molar-refractivity contribution is 6.05. The Morgan fingerprint density at radius 1 is 1.18 bits per heavy atom. The summed E-state index contributed by atoms with van der Waals surface area (Å²) >= 11 is 0. The van der Waals surface area contributed by atoms with E-state index in [0.29, 0.717) is 5.69 Å². The summed E-state index contributed by atoms with van der Waals surface area (Å²) in [5, 5.41) is 5.95. The van der Waals surface area contributed by atoms with Crippen LogP contribution < -0.4 is 10.6 Å². The molecule has 0 aromatic heterocycles. The number of halogens is 1. The normalized spacial score (nSPS) is 14.0. The number of hydrogen-bond donors (Lipinski definition) is 2. The van der Waals surface area contributed by atoms with Gasteiger partial charge in [0.05, 0.1) is 5.56 Å². The van der Waals surface area contributed by atoms with E-state index in [1.165, 1.54) is 12.1 Å². The topological polar surface area (TPSA) is 53.5 Å². The summed E-state index contributed by atoms with van der Waals surface area (Å²) in [5.74, 6) is -0.170. The van der Waals surface area contributed by atoms with E-state index in [1.54, 1.807) is 18.2 Å². The van der Waals surface area contributed by atoms with Crippen LogP contribution in [-0.4, -0.2) is 24.8 Å². The molecule has 0 radical (unpaired) electrons. The molecule has 0 bridgehead atoms. The highest BCUT2D eigenvalue weighted by Gasteiger charge is 2.12. The standard InChI is InChI=1S/C17H16FN3O/c18-15-8-2-1-7-14(15)17(22)21-13-6-3-5-12(11-13)16-19-9-4-10-20-16/h1-3,5-8,11H,4,9-10H2,(H,19,20)(H,21,22). The molecule has 0 fully saturated rings. The molecule has 3 rings (SSSR count). The van der Waals surface area contributed by atoms with Crippen LogP contribution in [0.4, 0.5) is 10.1 Å². The zero-order valence-corrected chi connectivity index (χ0v) is 12.0. The average molecular weight is 297 g/mol. The Morgan fingerprint density at radius 3 is 2.82 bits per heavy atom. The molecule has 5 heteroatoms. The van der Waals surface area contributed by atoms with Crippen LogP contribution in [0.25, 0.3) is 0 Å². The third-order valence-corrected chi connectivity index (χ3v) is 3.41. The molecule has 2 aromatic carbocycles. The monoisotopic (exact) mass is 297 g/mol. The van der Waals surface area contributed by atoms with Gasteiger partial charge in [0.25, 0.3) is 5.91 Å². The maximum absolute atomic E-state index is 13.6. The lowest BCUT2D eigenvalue weighted by atomic mass is 10.1. The maximum atomic E-state index is 13.6. The molecule has 1 heterocycles. The Bertz CT molecular complexity index is 727. The number of carbonyl (C=O) groups excluding carboxylic acids is 1. The SMILES string of the molecule is O=C(Nc1cccc(C2=NCCCN2)c1)c1ccccc1F. The third-order valence-electron chi connectivity index (χ3n) is 3.41. The van der Waals surface area contributed by atoms with Gasteiger partial charge in [0.15, 0.2) is 0 Å². The fourth-order valence-electron chi connectivity index (χ4n) is 2.31. The van der Waals surface area contributed by atoms with Crippen molar-refractivity contribution in [1.82, 2.24) is 5.32 Å². The molecule has 22 heavy (non-hydrogen) atoms. The minimum Gasteiger partial charge on any atom is -0.370 e. The van der Waals surface area contributed by atoms with E-state index in [0.717, 1.165) is 30.9 Å². The highest BCUT2D eigenvalue weighted by atomic mass is 19.1. The predicted molar refractivity (Wildman–Crippen MR) is 84.8 cm³/mol. The second kappa shape index (κ2) is 6.39. The van der Waals surface area contributed by atoms with Gasteiger partial charge in [-0.1, -0.05) is 24.3 Å². The van der Waals surface area contributed by atoms with Crippen LogP contribution in [0.5, 0.6) is 0 Å². The third kappa shape index (κ3) is 3.14. The van der Waals surface area contributed by atoms with E-state index in [-0.39, 0.29) is 5.56 Å². The van der Waals surface area contributed by atoms with Gasteiger partial charge in [0.2, 0.25) is 0 Å². The van der Waals surface area contributed by atoms with Crippen molar-refractivity contribution in [3.05, 3.63) is 65.5 Å². The first-order valence-corrected chi connectivity index (χ1v) is 7.19. The van der Waals surface area contributed by atoms with Crippen molar-refractivity contribution >= 4 is 17.4 Å². The van der Waals surface area contributed by atoms with Crippen LogP contribution in [0.3, 0.4) is 0 Å². The second-order valence-electron chi connectivity index (χ2n) is 5.03. The Balaban J connectivity index is 1.80. The summed E-state index contributed by atoms with van der Waals surface area (Å²) < 4.78 is 13.6. The van der Waals surface area contributed by atoms with Crippen molar-refractivity contribution < 1.29 is 9.18 Å². The minimum absolute atomic E-state index is 0.0287. The Hall–Kier alpha value is -2.69. The molecule has 0 aliphatic carbocycles. The zero-order valence-electron chi connectivity index (χ0n) is 12.0. The first-order chi connectivity index (χ1) is 10.7. The predicted octanol–water partition coefficient (Wildman–Crippen LogP) is 2.82. The molecule has 0 atom stereocenters. The molecule has 0 spiro atoms. The molecular formula is C17H16FN3O. The largest absolute Gasteiger partial charge is 0.370 e. The number of amidine groups is 1. The van der Waals surface area contributed by atoms with Crippen LogP contribution in [0.2, 0.25) is 0 Å². The van der Waals surface area contributed by atoms with E-state index in [1.807, 2.05) is 18.2 Å². The van der Waals surface area contributed by atoms with E-state index in [9.17, 15) is 9.18 Å². The summed E-state index contributed by atoms with van der Waals surface area (Å²) in [4.78, 5) is 16.6. The number of anilines is 1. The van der Waals surface area contributed by atoms with Gasteiger partial charge in [-0.05, 0) is 30.7 Å². The van der Waals surface area contributed by atoms with Crippen molar-refractivity contribution in [3.63, 3.8) is 0 Å². The van der Waals surface area contributed by atoms with Crippen LogP contribution in [0, 0.1) is 5.82 Å². The molecule has 2 aromatic rings. The number of carbonyl (C=O) groups is 1. The van der Waals surface area contributed by atoms with Crippen molar-refractivity contribution in [2.24, 2.45) is 4.99 Å². The highest BCUT2D eigenvalue weighted by Crippen LogP contribution is 2.15. The smallest absolute Gasteiger partial charge is 0.258 e. The molecule has 2 N–H and O–H groups in total. The van der Waals surface area contributed by atoms with Gasteiger partial charge in [0.1, 0.15) is 11.7 Å². The van der Waals surface area contributed by atoms with Crippen LogP contribution in [-0.2, 0) is 0 Å². The Kier molecular flexibility index (Phi) is 4.14. The van der Waals surface area contributed by atoms with Gasteiger partial charge >= 0.3 is 0 Å². The number of amides is 1. The van der Waals surface area contributed by atoms with E-state index in [4.69, 9.17) is 0 Å². The summed E-state index contributed by atoms with van der Waals surface area (Å²) in [6.45, 7) is 1.69. The second-order valence-corrected chi connectivity index (χ2v) is 5.03. The van der Waals surface area contributed by atoms with Gasteiger partial charge in [0, 0.05) is 24.3 Å². The van der Waals surface area contributed by atoms with Crippen molar-refractivity contribution in [2.45, 2.75) is 6.42 Å². The van der Waals surface area contributed by atoms with Crippen molar-refractivity contribution in [2.75, 3.05) is 18.4 Å². The van der Waals surface area contributed by atoms with Gasteiger partial charge in [-0.15, -0.1) is 0 Å². The molecule has 0 saturated heterocycles. The fraction of sp³-hybridized carbons (Fsp3) is 0.176. The van der Waals surface area contributed by atoms with E-state index < -0.39 is 11.7 Å². The fourth-order valence-corrected chi connectivity index (χ4v) is 2.31. The summed E-state index contributed by atoms with van der Waals surface area (Å²) in [6, 6.07) is 13.3. The number of nitrogens with zero attached hydrogens (tertiary/aromatic N) is 1. The Morgan fingerprint density at radius 2 is 2.05 bits per heavy atom. The lowest BCUT2D eigenvalue weighted by Crippen LogP contribution is -2.30. The zero-order chi connectivity index (χ0) is 15.4. The lowest BCUT2D eigenvalue weighted by Gasteiger charge is -2.15. The van der Waals surface area contributed by atoms with Crippen LogP contribution >= 0.6 is 0 Å². The number of rotatable bonds is 3. The maximum Gasteiger partial charge on any atom is 0.258 e. The average Bonchev–Trinajstić information content (AvgIpc) is 2.56. The molecule has 1 aliphatic rings. The lowest BCUT2D eigenvalue weighted by molar-refractivity contribution is 0.102. The van der Waals surface area contributed by atoms with Gasteiger partial charge in [-0.3, -0.25) is 9.79 Å². The molecule has 4 nitrogen and oxygen atoms in total. The quantitative estimate of drug-likeness (QED) is 0.915. The van der Waals surface area contributed by atoms with E-state index in [2.05, 4.69) is 15.6 Å². The molecule has 112 valence electrons. The summed E-state index contributed by atoms with van der Waals surface area (Å²) in [7, 11) is 0. The van der Waals surface area contributed by atoms with Gasteiger partial charge < -0.3 is 10.6 Å². The minimum atomic E-state index is -0.533.